The third-order valence-electron chi connectivity index (χ3n) is 5.21. The van der Waals surface area contributed by atoms with E-state index in [2.05, 4.69) is 10.4 Å². The van der Waals surface area contributed by atoms with Gasteiger partial charge in [-0.1, -0.05) is 24.3 Å². The molecule has 10 heteroatoms. The van der Waals surface area contributed by atoms with Crippen LogP contribution in [0, 0.1) is 13.8 Å². The SMILES string of the molecule is Cc1nn(-c2cccc(C(F)(F)F)c2)c(C)c1CC(=O)NCCCS(=O)(=O)c1ccccc1. The maximum Gasteiger partial charge on any atom is 0.416 e. The maximum atomic E-state index is 13.0. The Hall–Kier alpha value is -3.14. The molecular weight excluding hydrogens is 455 g/mol. The van der Waals surface area contributed by atoms with Crippen LogP contribution in [0.25, 0.3) is 5.69 Å². The summed E-state index contributed by atoms with van der Waals surface area (Å²) < 4.78 is 65.1. The van der Waals surface area contributed by atoms with Gasteiger partial charge in [0.15, 0.2) is 9.84 Å². The summed E-state index contributed by atoms with van der Waals surface area (Å²) in [6, 6.07) is 12.9. The Bertz CT molecular complexity index is 1240. The lowest BCUT2D eigenvalue weighted by atomic mass is 10.1. The van der Waals surface area contributed by atoms with Crippen LogP contribution in [0.2, 0.25) is 0 Å². The highest BCUT2D eigenvalue weighted by Gasteiger charge is 2.30. The van der Waals surface area contributed by atoms with Crippen LogP contribution < -0.4 is 5.32 Å². The summed E-state index contributed by atoms with van der Waals surface area (Å²) in [5, 5.41) is 7.01. The van der Waals surface area contributed by atoms with Crippen LogP contribution in [-0.4, -0.2) is 36.4 Å². The van der Waals surface area contributed by atoms with E-state index in [9.17, 15) is 26.4 Å². The molecule has 3 rings (SSSR count). The first kappa shape index (κ1) is 24.5. The molecule has 1 amide bonds. The number of aromatic nitrogens is 2. The normalized spacial score (nSPS) is 12.0. The van der Waals surface area contributed by atoms with Crippen LogP contribution in [0.3, 0.4) is 0 Å². The number of rotatable bonds is 8. The Kier molecular flexibility index (Phi) is 7.26. The van der Waals surface area contributed by atoms with Gasteiger partial charge in [-0.15, -0.1) is 0 Å². The zero-order valence-electron chi connectivity index (χ0n) is 18.2. The van der Waals surface area contributed by atoms with E-state index in [1.807, 2.05) is 0 Å². The standard InChI is InChI=1S/C23H24F3N3O3S/c1-16-21(17(2)29(28-16)19-9-6-8-18(14-19)23(24,25)26)15-22(30)27-12-7-13-33(31,32)20-10-4-3-5-11-20/h3-6,8-11,14H,7,12-13,15H2,1-2H3,(H,27,30). The molecule has 0 atom stereocenters. The largest absolute Gasteiger partial charge is 0.416 e. The first-order valence-electron chi connectivity index (χ1n) is 10.3. The molecule has 1 aromatic heterocycles. The van der Waals surface area contributed by atoms with Crippen molar-refractivity contribution < 1.29 is 26.4 Å². The number of carbonyl (C=O) groups is 1. The van der Waals surface area contributed by atoms with Gasteiger partial charge in [0.1, 0.15) is 0 Å². The Morgan fingerprint density at radius 1 is 1.06 bits per heavy atom. The first-order chi connectivity index (χ1) is 15.5. The average molecular weight is 480 g/mol. The van der Waals surface area contributed by atoms with Crippen LogP contribution in [-0.2, 0) is 27.2 Å². The van der Waals surface area contributed by atoms with Crippen LogP contribution in [0.1, 0.15) is 28.9 Å². The van der Waals surface area contributed by atoms with Crippen molar-refractivity contribution in [3.63, 3.8) is 0 Å². The van der Waals surface area contributed by atoms with Crippen molar-refractivity contribution in [1.82, 2.24) is 15.1 Å². The average Bonchev–Trinajstić information content (AvgIpc) is 3.05. The van der Waals surface area contributed by atoms with E-state index in [4.69, 9.17) is 0 Å². The van der Waals surface area contributed by atoms with Gasteiger partial charge >= 0.3 is 6.18 Å². The Morgan fingerprint density at radius 3 is 2.42 bits per heavy atom. The van der Waals surface area contributed by atoms with Gasteiger partial charge in [-0.2, -0.15) is 18.3 Å². The van der Waals surface area contributed by atoms with Gasteiger partial charge in [0.25, 0.3) is 0 Å². The fourth-order valence-electron chi connectivity index (χ4n) is 3.45. The monoisotopic (exact) mass is 479 g/mol. The highest BCUT2D eigenvalue weighted by Crippen LogP contribution is 2.31. The molecule has 33 heavy (non-hydrogen) atoms. The summed E-state index contributed by atoms with van der Waals surface area (Å²) in [5.41, 5.74) is 1.18. The van der Waals surface area contributed by atoms with Crippen molar-refractivity contribution >= 4 is 15.7 Å². The third kappa shape index (κ3) is 6.01. The smallest absolute Gasteiger partial charge is 0.356 e. The molecule has 0 aliphatic carbocycles. The molecule has 1 N–H and O–H groups in total. The molecule has 0 fully saturated rings. The summed E-state index contributed by atoms with van der Waals surface area (Å²) in [4.78, 5) is 12.6. The molecule has 0 saturated heterocycles. The van der Waals surface area contributed by atoms with E-state index in [0.29, 0.717) is 17.0 Å². The lowest BCUT2D eigenvalue weighted by Gasteiger charge is -2.10. The number of sulfone groups is 1. The van der Waals surface area contributed by atoms with Crippen molar-refractivity contribution in [2.45, 2.75) is 37.8 Å². The summed E-state index contributed by atoms with van der Waals surface area (Å²) in [7, 11) is -3.42. The van der Waals surface area contributed by atoms with Crippen molar-refractivity contribution in [2.75, 3.05) is 12.3 Å². The predicted molar refractivity (Wildman–Crippen MR) is 118 cm³/mol. The number of benzene rings is 2. The van der Waals surface area contributed by atoms with Crippen molar-refractivity contribution in [1.29, 1.82) is 0 Å². The first-order valence-corrected chi connectivity index (χ1v) is 11.9. The molecule has 6 nitrogen and oxygen atoms in total. The zero-order chi connectivity index (χ0) is 24.2. The molecule has 0 spiro atoms. The fourth-order valence-corrected chi connectivity index (χ4v) is 4.79. The molecule has 0 saturated carbocycles. The molecular formula is C23H24F3N3O3S. The fraction of sp³-hybridized carbons (Fsp3) is 0.304. The minimum atomic E-state index is -4.47. The number of amides is 1. The zero-order valence-corrected chi connectivity index (χ0v) is 19.0. The predicted octanol–water partition coefficient (Wildman–Crippen LogP) is 4.03. The molecule has 176 valence electrons. The molecule has 3 aromatic rings. The van der Waals surface area contributed by atoms with Gasteiger partial charge < -0.3 is 5.32 Å². The van der Waals surface area contributed by atoms with Crippen LogP contribution in [0.5, 0.6) is 0 Å². The molecule has 0 aliphatic rings. The van der Waals surface area contributed by atoms with E-state index in [1.54, 1.807) is 32.0 Å². The van der Waals surface area contributed by atoms with E-state index in [0.717, 1.165) is 12.1 Å². The van der Waals surface area contributed by atoms with E-state index in [1.165, 1.54) is 28.9 Å². The highest BCUT2D eigenvalue weighted by atomic mass is 32.2. The second-order valence-electron chi connectivity index (χ2n) is 7.62. The molecule has 0 unspecified atom stereocenters. The van der Waals surface area contributed by atoms with E-state index in [-0.39, 0.29) is 41.6 Å². The molecule has 0 bridgehead atoms. The van der Waals surface area contributed by atoms with Crippen molar-refractivity contribution in [2.24, 2.45) is 0 Å². The summed E-state index contributed by atoms with van der Waals surface area (Å²) in [5.74, 6) is -0.412. The number of hydrogen-bond donors (Lipinski definition) is 1. The Balaban J connectivity index is 1.61. The molecule has 0 radical (unpaired) electrons. The summed E-state index contributed by atoms with van der Waals surface area (Å²) in [6.07, 6.45) is -4.23. The number of nitrogens with zero attached hydrogens (tertiary/aromatic N) is 2. The Morgan fingerprint density at radius 2 is 1.76 bits per heavy atom. The third-order valence-corrected chi connectivity index (χ3v) is 7.03. The number of alkyl halides is 3. The van der Waals surface area contributed by atoms with E-state index < -0.39 is 21.6 Å². The van der Waals surface area contributed by atoms with Gasteiger partial charge in [0.05, 0.1) is 34.0 Å². The van der Waals surface area contributed by atoms with Gasteiger partial charge in [-0.25, -0.2) is 13.1 Å². The molecule has 2 aromatic carbocycles. The van der Waals surface area contributed by atoms with Gasteiger partial charge in [0, 0.05) is 17.8 Å². The van der Waals surface area contributed by atoms with Crippen LogP contribution in [0.4, 0.5) is 13.2 Å². The lowest BCUT2D eigenvalue weighted by molar-refractivity contribution is -0.137. The van der Waals surface area contributed by atoms with Gasteiger partial charge in [-0.05, 0) is 50.6 Å². The molecule has 1 heterocycles. The number of hydrogen-bond acceptors (Lipinski definition) is 4. The second-order valence-corrected chi connectivity index (χ2v) is 9.73. The van der Waals surface area contributed by atoms with E-state index >= 15 is 0 Å². The van der Waals surface area contributed by atoms with Crippen LogP contribution in [0.15, 0.2) is 59.5 Å². The maximum absolute atomic E-state index is 13.0. The molecule has 0 aliphatic heterocycles. The van der Waals surface area contributed by atoms with Gasteiger partial charge in [0.2, 0.25) is 5.91 Å². The topological polar surface area (TPSA) is 81.1 Å². The highest BCUT2D eigenvalue weighted by molar-refractivity contribution is 7.91. The summed E-state index contributed by atoms with van der Waals surface area (Å²) >= 11 is 0. The number of carbonyl (C=O) groups excluding carboxylic acids is 1. The number of nitrogens with one attached hydrogen (secondary N) is 1. The number of aryl methyl sites for hydroxylation is 1. The lowest BCUT2D eigenvalue weighted by Crippen LogP contribution is -2.27. The quantitative estimate of drug-likeness (QED) is 0.495. The van der Waals surface area contributed by atoms with Crippen molar-refractivity contribution in [3.8, 4) is 5.69 Å². The summed E-state index contributed by atoms with van der Waals surface area (Å²) in [6.45, 7) is 3.56. The minimum Gasteiger partial charge on any atom is -0.356 e. The minimum absolute atomic E-state index is 0.0118. The van der Waals surface area contributed by atoms with Gasteiger partial charge in [-0.3, -0.25) is 4.79 Å². The van der Waals surface area contributed by atoms with Crippen molar-refractivity contribution in [3.05, 3.63) is 77.1 Å². The number of halogens is 3. The Labute approximate surface area is 190 Å². The second kappa shape index (κ2) is 9.78. The van der Waals surface area contributed by atoms with Crippen LogP contribution >= 0.6 is 0 Å².